The van der Waals surface area contributed by atoms with Crippen molar-refractivity contribution in [3.63, 3.8) is 0 Å². The molecule has 0 aliphatic carbocycles. The summed E-state index contributed by atoms with van der Waals surface area (Å²) in [6.45, 7) is 7.61. The van der Waals surface area contributed by atoms with Gasteiger partial charge in [0.15, 0.2) is 5.69 Å². The van der Waals surface area contributed by atoms with Gasteiger partial charge in [0, 0.05) is 24.5 Å². The van der Waals surface area contributed by atoms with Gasteiger partial charge in [0.1, 0.15) is 11.4 Å². The van der Waals surface area contributed by atoms with Gasteiger partial charge in [-0.05, 0) is 52.1 Å². The number of aromatic nitrogens is 3. The van der Waals surface area contributed by atoms with Crippen molar-refractivity contribution in [1.82, 2.24) is 14.5 Å². The van der Waals surface area contributed by atoms with Crippen LogP contribution in [0, 0.1) is 6.57 Å². The molecule has 0 spiro atoms. The number of fused-ring (bicyclic) bond motifs is 2. The van der Waals surface area contributed by atoms with Crippen LogP contribution >= 0.6 is 0 Å². The zero-order valence-corrected chi connectivity index (χ0v) is 16.8. The molecule has 0 aliphatic rings. The molecule has 7 nitrogen and oxygen atoms in total. The number of aromatic carboxylic acids is 1. The van der Waals surface area contributed by atoms with E-state index < -0.39 is 5.97 Å². The molecule has 7 heteroatoms. The van der Waals surface area contributed by atoms with Crippen LogP contribution in [0.1, 0.15) is 16.1 Å². The Morgan fingerprint density at radius 1 is 1.00 bits per heavy atom. The van der Waals surface area contributed by atoms with Crippen LogP contribution in [0.15, 0.2) is 79.1 Å². The molecular formula is C25H16N4O3. The van der Waals surface area contributed by atoms with Crippen molar-refractivity contribution in [2.45, 2.75) is 6.54 Å². The average Bonchev–Trinajstić information content (AvgIpc) is 3.17. The molecule has 2 aromatic heterocycles. The molecule has 0 radical (unpaired) electrons. The molecule has 32 heavy (non-hydrogen) atoms. The second-order valence-corrected chi connectivity index (χ2v) is 7.21. The summed E-state index contributed by atoms with van der Waals surface area (Å²) in [5.41, 5.74) is 2.18. The molecule has 0 saturated carbocycles. The molecule has 1 N–H and O–H groups in total. The molecule has 3 aromatic carbocycles. The number of rotatable bonds is 5. The molecule has 0 saturated heterocycles. The van der Waals surface area contributed by atoms with Gasteiger partial charge in [0.05, 0.1) is 6.57 Å². The number of nitrogens with zero attached hydrogens (tertiary/aromatic N) is 4. The third-order valence-corrected chi connectivity index (χ3v) is 5.24. The van der Waals surface area contributed by atoms with E-state index >= 15 is 0 Å². The van der Waals surface area contributed by atoms with Crippen molar-refractivity contribution in [2.75, 3.05) is 0 Å². The van der Waals surface area contributed by atoms with Crippen LogP contribution in [0.25, 0.3) is 26.5 Å². The van der Waals surface area contributed by atoms with Crippen molar-refractivity contribution >= 4 is 33.3 Å². The predicted molar refractivity (Wildman–Crippen MR) is 120 cm³/mol. The summed E-state index contributed by atoms with van der Waals surface area (Å²) in [5.74, 6) is -0.472. The molecule has 0 unspecified atom stereocenters. The first-order valence-electron chi connectivity index (χ1n) is 9.83. The smallest absolute Gasteiger partial charge is 0.352 e. The number of carboxylic acid groups (broad SMARTS) is 1. The van der Waals surface area contributed by atoms with Crippen LogP contribution in [-0.2, 0) is 6.54 Å². The molecule has 0 aliphatic heterocycles. The highest BCUT2D eigenvalue weighted by Gasteiger charge is 2.17. The highest BCUT2D eigenvalue weighted by Crippen LogP contribution is 2.31. The molecule has 2 heterocycles. The predicted octanol–water partition coefficient (Wildman–Crippen LogP) is 5.67. The fourth-order valence-corrected chi connectivity index (χ4v) is 3.82. The minimum absolute atomic E-state index is 0.156. The van der Waals surface area contributed by atoms with E-state index in [0.717, 1.165) is 21.7 Å². The first-order valence-corrected chi connectivity index (χ1v) is 9.83. The number of hydrogen-bond donors (Lipinski definition) is 1. The standard InChI is InChI=1S/C25H16N4O3/c1-26-19-8-7-17-13-23(24(30)31)29(22(17)14-19)15-18-12-20(32-25-27-9-4-10-28-25)11-16-5-2-3-6-21(16)18/h2-14H,15H2,(H,30,31). The quantitative estimate of drug-likeness (QED) is 0.370. The van der Waals surface area contributed by atoms with Crippen molar-refractivity contribution in [1.29, 1.82) is 0 Å². The summed E-state index contributed by atoms with van der Waals surface area (Å²) in [4.78, 5) is 23.7. The molecule has 0 fully saturated rings. The summed E-state index contributed by atoms with van der Waals surface area (Å²) >= 11 is 0. The van der Waals surface area contributed by atoms with Crippen LogP contribution < -0.4 is 4.74 Å². The Bertz CT molecular complexity index is 1520. The first kappa shape index (κ1) is 19.3. The van der Waals surface area contributed by atoms with Gasteiger partial charge in [-0.2, -0.15) is 0 Å². The highest BCUT2D eigenvalue weighted by atomic mass is 16.5. The van der Waals surface area contributed by atoms with Gasteiger partial charge < -0.3 is 14.4 Å². The largest absolute Gasteiger partial charge is 0.477 e. The number of carbonyl (C=O) groups is 1. The second-order valence-electron chi connectivity index (χ2n) is 7.21. The lowest BCUT2D eigenvalue weighted by atomic mass is 10.0. The maximum absolute atomic E-state index is 12.0. The number of benzene rings is 3. The van der Waals surface area contributed by atoms with E-state index in [0.29, 0.717) is 23.5 Å². The lowest BCUT2D eigenvalue weighted by molar-refractivity contribution is 0.0686. The van der Waals surface area contributed by atoms with E-state index in [4.69, 9.17) is 11.3 Å². The third-order valence-electron chi connectivity index (χ3n) is 5.24. The molecule has 0 bridgehead atoms. The minimum Gasteiger partial charge on any atom is -0.477 e. The molecule has 5 aromatic rings. The number of carboxylic acids is 1. The average molecular weight is 420 g/mol. The van der Waals surface area contributed by atoms with Crippen molar-refractivity contribution in [2.24, 2.45) is 0 Å². The van der Waals surface area contributed by atoms with Gasteiger partial charge in [0.25, 0.3) is 0 Å². The van der Waals surface area contributed by atoms with Crippen LogP contribution in [0.3, 0.4) is 0 Å². The number of hydrogen-bond acceptors (Lipinski definition) is 4. The highest BCUT2D eigenvalue weighted by molar-refractivity contribution is 5.96. The minimum atomic E-state index is -1.03. The van der Waals surface area contributed by atoms with Crippen molar-refractivity contribution < 1.29 is 14.6 Å². The van der Waals surface area contributed by atoms with E-state index in [1.165, 1.54) is 0 Å². The fraction of sp³-hybridized carbons (Fsp3) is 0.0400. The van der Waals surface area contributed by atoms with Crippen molar-refractivity contribution in [3.05, 3.63) is 102 Å². The Hall–Kier alpha value is -4.70. The van der Waals surface area contributed by atoms with Gasteiger partial charge in [-0.25, -0.2) is 19.6 Å². The Labute approximate surface area is 183 Å². The maximum Gasteiger partial charge on any atom is 0.352 e. The summed E-state index contributed by atoms with van der Waals surface area (Å²) in [7, 11) is 0. The lowest BCUT2D eigenvalue weighted by Gasteiger charge is -2.14. The van der Waals surface area contributed by atoms with E-state index in [1.807, 2.05) is 36.4 Å². The zero-order valence-electron chi connectivity index (χ0n) is 16.8. The first-order chi connectivity index (χ1) is 15.6. The zero-order chi connectivity index (χ0) is 22.1. The van der Waals surface area contributed by atoms with E-state index in [-0.39, 0.29) is 11.7 Å². The van der Waals surface area contributed by atoms with Crippen LogP contribution in [-0.4, -0.2) is 25.6 Å². The van der Waals surface area contributed by atoms with Gasteiger partial charge in [0.2, 0.25) is 0 Å². The molecule has 5 rings (SSSR count). The number of ether oxygens (including phenoxy) is 1. The fourth-order valence-electron chi connectivity index (χ4n) is 3.82. The van der Waals surface area contributed by atoms with E-state index in [2.05, 4.69) is 14.8 Å². The summed E-state index contributed by atoms with van der Waals surface area (Å²) in [6.07, 6.45) is 3.20. The molecule has 0 amide bonds. The van der Waals surface area contributed by atoms with Gasteiger partial charge in [-0.15, -0.1) is 0 Å². The molecule has 0 atom stereocenters. The van der Waals surface area contributed by atoms with Gasteiger partial charge >= 0.3 is 12.0 Å². The Balaban J connectivity index is 1.67. The second kappa shape index (κ2) is 7.85. The van der Waals surface area contributed by atoms with Gasteiger partial charge in [-0.3, -0.25) is 0 Å². The Morgan fingerprint density at radius 2 is 1.81 bits per heavy atom. The molecular weight excluding hydrogens is 404 g/mol. The monoisotopic (exact) mass is 420 g/mol. The SMILES string of the molecule is [C-]#[N+]c1ccc2cc(C(=O)O)n(Cc3cc(Oc4ncccn4)cc4ccccc34)c2c1. The third kappa shape index (κ3) is 3.50. The van der Waals surface area contributed by atoms with E-state index in [9.17, 15) is 9.90 Å². The Kier molecular flexibility index (Phi) is 4.73. The van der Waals surface area contributed by atoms with Crippen LogP contribution in [0.5, 0.6) is 11.8 Å². The summed E-state index contributed by atoms with van der Waals surface area (Å²) < 4.78 is 7.58. The van der Waals surface area contributed by atoms with E-state index in [1.54, 1.807) is 47.3 Å². The van der Waals surface area contributed by atoms with Gasteiger partial charge in [-0.1, -0.05) is 36.4 Å². The molecule has 154 valence electrons. The Morgan fingerprint density at radius 3 is 2.59 bits per heavy atom. The van der Waals surface area contributed by atoms with Crippen LogP contribution in [0.4, 0.5) is 5.69 Å². The summed E-state index contributed by atoms with van der Waals surface area (Å²) in [5, 5.41) is 12.5. The van der Waals surface area contributed by atoms with Crippen LogP contribution in [0.2, 0.25) is 0 Å². The maximum atomic E-state index is 12.0. The summed E-state index contributed by atoms with van der Waals surface area (Å²) in [6, 6.07) is 20.4. The van der Waals surface area contributed by atoms with Crippen molar-refractivity contribution in [3.8, 4) is 11.8 Å². The normalized spacial score (nSPS) is 10.8. The topological polar surface area (TPSA) is 81.6 Å². The lowest BCUT2D eigenvalue weighted by Crippen LogP contribution is -2.09.